The Bertz CT molecular complexity index is 1390. The first-order valence-electron chi connectivity index (χ1n) is 12.4. The van der Waals surface area contributed by atoms with Crippen LogP contribution in [0.4, 0.5) is 22.0 Å². The topological polar surface area (TPSA) is 101 Å². The van der Waals surface area contributed by atoms with Crippen molar-refractivity contribution in [2.24, 2.45) is 11.8 Å². The first-order chi connectivity index (χ1) is 18.0. The summed E-state index contributed by atoms with van der Waals surface area (Å²) < 4.78 is 95.5. The summed E-state index contributed by atoms with van der Waals surface area (Å²) in [6.07, 6.45) is -5.26. The third-order valence-corrected chi connectivity index (χ3v) is 10.7. The summed E-state index contributed by atoms with van der Waals surface area (Å²) in [5.41, 5.74) is -3.89. The second kappa shape index (κ2) is 9.87. The average Bonchev–Trinajstić information content (AvgIpc) is 3.24. The fourth-order valence-electron chi connectivity index (χ4n) is 6.11. The number of sulfone groups is 1. The summed E-state index contributed by atoms with van der Waals surface area (Å²) >= 11 is 0. The molecule has 6 nitrogen and oxygen atoms in total. The van der Waals surface area contributed by atoms with Gasteiger partial charge in [-0.3, -0.25) is 9.59 Å². The number of aliphatic carboxylic acids is 1. The molecule has 0 aromatic heterocycles. The zero-order chi connectivity index (χ0) is 29.0. The van der Waals surface area contributed by atoms with Crippen molar-refractivity contribution in [2.45, 2.75) is 73.5 Å². The van der Waals surface area contributed by atoms with Gasteiger partial charge in [0.25, 0.3) is 0 Å². The summed E-state index contributed by atoms with van der Waals surface area (Å²) in [5.74, 6) is -3.93. The van der Waals surface area contributed by atoms with E-state index >= 15 is 0 Å². The van der Waals surface area contributed by atoms with Crippen LogP contribution in [0.25, 0.3) is 0 Å². The molecule has 0 radical (unpaired) electrons. The quantitative estimate of drug-likeness (QED) is 0.351. The smallest absolute Gasteiger partial charge is 0.426 e. The normalized spacial score (nSPS) is 25.2. The second-order valence-electron chi connectivity index (χ2n) is 10.5. The fraction of sp³-hybridized carbons (Fsp3) is 0.481. The van der Waals surface area contributed by atoms with Crippen molar-refractivity contribution in [1.29, 1.82) is 0 Å². The van der Waals surface area contributed by atoms with Crippen LogP contribution in [0.3, 0.4) is 0 Å². The number of hydrogen-bond acceptors (Lipinski definition) is 4. The van der Waals surface area contributed by atoms with Gasteiger partial charge in [-0.1, -0.05) is 18.2 Å². The fourth-order valence-corrected chi connectivity index (χ4v) is 8.58. The van der Waals surface area contributed by atoms with Gasteiger partial charge in [-0.25, -0.2) is 17.2 Å². The number of fused-ring (bicyclic) bond motifs is 3. The third kappa shape index (κ3) is 4.81. The molecule has 212 valence electrons. The van der Waals surface area contributed by atoms with Gasteiger partial charge in [-0.2, -0.15) is 13.2 Å². The van der Waals surface area contributed by atoms with E-state index in [0.717, 1.165) is 36.4 Å². The molecule has 39 heavy (non-hydrogen) atoms. The van der Waals surface area contributed by atoms with Gasteiger partial charge in [0.15, 0.2) is 9.84 Å². The first kappa shape index (κ1) is 29.0. The Morgan fingerprint density at radius 1 is 1.10 bits per heavy atom. The standard InChI is InChI=1S/C27H28F5NO5S/c1-15(13-23(34)35)33-24(36)20-11-12-26(39(37,38)19-7-5-18(28)6-8-19)21-10-4-17(25(2,29)27(30,31)32)14-16(21)3-9-22(20)26/h4-8,10,14-15,20,22H,3,9,11-13H2,1-2H3,(H,33,36)(H,34,35)/t15-,20+,22-,25?,26+/m0/s1. The Morgan fingerprint density at radius 3 is 2.33 bits per heavy atom. The van der Waals surface area contributed by atoms with E-state index in [4.69, 9.17) is 5.11 Å². The van der Waals surface area contributed by atoms with Crippen LogP contribution in [0.1, 0.15) is 56.2 Å². The molecule has 5 atom stereocenters. The van der Waals surface area contributed by atoms with Crippen molar-refractivity contribution in [3.8, 4) is 0 Å². The third-order valence-electron chi connectivity index (χ3n) is 8.08. The molecular formula is C27H28F5NO5S. The zero-order valence-electron chi connectivity index (χ0n) is 21.2. The lowest BCUT2D eigenvalue weighted by Gasteiger charge is -2.42. The van der Waals surface area contributed by atoms with Crippen molar-refractivity contribution in [1.82, 2.24) is 5.32 Å². The lowest BCUT2D eigenvalue weighted by atomic mass is 9.72. The lowest BCUT2D eigenvalue weighted by molar-refractivity contribution is -0.228. The molecule has 2 N–H and O–H groups in total. The minimum absolute atomic E-state index is 0.0543. The summed E-state index contributed by atoms with van der Waals surface area (Å²) in [6.45, 7) is 1.91. The highest BCUT2D eigenvalue weighted by Crippen LogP contribution is 2.59. The van der Waals surface area contributed by atoms with Gasteiger partial charge in [0.05, 0.1) is 11.3 Å². The number of carboxylic acids is 1. The summed E-state index contributed by atoms with van der Waals surface area (Å²) in [6, 6.07) is 6.62. The van der Waals surface area contributed by atoms with E-state index in [1.165, 1.54) is 13.0 Å². The second-order valence-corrected chi connectivity index (χ2v) is 12.7. The van der Waals surface area contributed by atoms with Crippen LogP contribution in [-0.4, -0.2) is 37.6 Å². The number of rotatable bonds is 7. The maximum atomic E-state index is 14.8. The van der Waals surface area contributed by atoms with Gasteiger partial charge in [0.2, 0.25) is 11.6 Å². The highest BCUT2D eigenvalue weighted by molar-refractivity contribution is 7.92. The molecule has 1 saturated carbocycles. The molecule has 0 heterocycles. The van der Waals surface area contributed by atoms with Crippen LogP contribution in [0, 0.1) is 17.7 Å². The van der Waals surface area contributed by atoms with E-state index in [9.17, 15) is 40.0 Å². The Hall–Kier alpha value is -3.02. The van der Waals surface area contributed by atoms with E-state index in [1.54, 1.807) is 0 Å². The predicted octanol–water partition coefficient (Wildman–Crippen LogP) is 5.19. The molecule has 0 bridgehead atoms. The average molecular weight is 574 g/mol. The summed E-state index contributed by atoms with van der Waals surface area (Å²) in [7, 11) is -4.34. The van der Waals surface area contributed by atoms with Crippen LogP contribution in [0.2, 0.25) is 0 Å². The van der Waals surface area contributed by atoms with Gasteiger partial charge >= 0.3 is 12.1 Å². The Kier molecular flexibility index (Phi) is 7.33. The number of halogens is 5. The molecule has 12 heteroatoms. The number of carbonyl (C=O) groups is 2. The van der Waals surface area contributed by atoms with Crippen LogP contribution in [-0.2, 0) is 36.3 Å². The molecule has 2 aromatic carbocycles. The predicted molar refractivity (Wildman–Crippen MR) is 131 cm³/mol. The minimum Gasteiger partial charge on any atom is -0.481 e. The first-order valence-corrected chi connectivity index (χ1v) is 13.9. The number of aryl methyl sites for hydroxylation is 1. The molecule has 0 spiro atoms. The van der Waals surface area contributed by atoms with E-state index in [1.807, 2.05) is 0 Å². The van der Waals surface area contributed by atoms with Crippen molar-refractivity contribution in [2.75, 3.05) is 0 Å². The molecule has 1 fully saturated rings. The van der Waals surface area contributed by atoms with Crippen LogP contribution in [0.5, 0.6) is 0 Å². The summed E-state index contributed by atoms with van der Waals surface area (Å²) in [5, 5.41) is 11.7. The molecular weight excluding hydrogens is 545 g/mol. The number of alkyl halides is 4. The maximum absolute atomic E-state index is 14.8. The van der Waals surface area contributed by atoms with E-state index in [0.29, 0.717) is 6.92 Å². The number of carbonyl (C=O) groups excluding carboxylic acids is 1. The van der Waals surface area contributed by atoms with E-state index < -0.39 is 67.6 Å². The number of amides is 1. The molecule has 4 rings (SSSR count). The molecule has 2 aliphatic rings. The number of benzene rings is 2. The van der Waals surface area contributed by atoms with E-state index in [-0.39, 0.29) is 48.1 Å². The molecule has 1 unspecified atom stereocenters. The van der Waals surface area contributed by atoms with Gasteiger partial charge in [0.1, 0.15) is 10.6 Å². The molecule has 2 aromatic rings. The highest BCUT2D eigenvalue weighted by atomic mass is 32.2. The maximum Gasteiger partial charge on any atom is 0.426 e. The monoisotopic (exact) mass is 573 g/mol. The molecule has 0 aliphatic heterocycles. The number of carboxylic acid groups (broad SMARTS) is 1. The van der Waals surface area contributed by atoms with E-state index in [2.05, 4.69) is 5.32 Å². The minimum atomic E-state index is -5.19. The Balaban J connectivity index is 1.84. The van der Waals surface area contributed by atoms with Gasteiger partial charge in [-0.15, -0.1) is 0 Å². The molecule has 0 saturated heterocycles. The van der Waals surface area contributed by atoms with Crippen LogP contribution in [0.15, 0.2) is 47.4 Å². The van der Waals surface area contributed by atoms with Gasteiger partial charge in [-0.05, 0) is 86.4 Å². The van der Waals surface area contributed by atoms with Crippen molar-refractivity contribution < 1.29 is 45.1 Å². The van der Waals surface area contributed by atoms with Gasteiger partial charge in [0, 0.05) is 12.0 Å². The molecule has 1 amide bonds. The van der Waals surface area contributed by atoms with Crippen molar-refractivity contribution in [3.05, 3.63) is 65.0 Å². The Morgan fingerprint density at radius 2 is 1.74 bits per heavy atom. The summed E-state index contributed by atoms with van der Waals surface area (Å²) in [4.78, 5) is 24.1. The highest BCUT2D eigenvalue weighted by Gasteiger charge is 2.62. The van der Waals surface area contributed by atoms with Crippen molar-refractivity contribution in [3.63, 3.8) is 0 Å². The zero-order valence-corrected chi connectivity index (χ0v) is 22.0. The van der Waals surface area contributed by atoms with Gasteiger partial charge < -0.3 is 10.4 Å². The van der Waals surface area contributed by atoms with Crippen LogP contribution < -0.4 is 5.32 Å². The number of nitrogens with one attached hydrogen (secondary N) is 1. The largest absolute Gasteiger partial charge is 0.481 e. The SMILES string of the molecule is C[C@@H](CC(=O)O)NC(=O)[C@@H]1CC[C@@]2(S(=O)(=O)c3ccc(F)cc3)c3ccc(C(C)(F)C(F)(F)F)cc3CC[C@@H]12. The number of hydrogen-bond donors (Lipinski definition) is 2. The van der Waals surface area contributed by atoms with Crippen LogP contribution >= 0.6 is 0 Å². The molecule has 2 aliphatic carbocycles. The lowest BCUT2D eigenvalue weighted by Crippen LogP contribution is -2.48. The Labute approximate surface area is 222 Å². The van der Waals surface area contributed by atoms with Crippen molar-refractivity contribution >= 4 is 21.7 Å².